The highest BCUT2D eigenvalue weighted by atomic mass is 15.1. The summed E-state index contributed by atoms with van der Waals surface area (Å²) < 4.78 is 0. The molecule has 0 aliphatic rings. The van der Waals surface area contributed by atoms with Crippen LogP contribution in [-0.4, -0.2) is 0 Å². The number of fused-ring (bicyclic) bond motifs is 1. The van der Waals surface area contributed by atoms with Gasteiger partial charge in [-0.05, 0) is 119 Å². The van der Waals surface area contributed by atoms with Crippen molar-refractivity contribution in [2.75, 3.05) is 9.80 Å². The SMILES string of the molecule is Cc1cc(C)cc(N(c2ccc(/C=C/c3ccc(-c4ccc(N(c5ccccc5)c5ccccc5)cc4)cc3)cc2)c2cccc3ccccc23)c1. The van der Waals surface area contributed by atoms with Crippen molar-refractivity contribution in [3.63, 3.8) is 0 Å². The Morgan fingerprint density at radius 3 is 1.38 bits per heavy atom. The van der Waals surface area contributed by atoms with E-state index in [9.17, 15) is 0 Å². The minimum Gasteiger partial charge on any atom is -0.311 e. The first-order valence-electron chi connectivity index (χ1n) is 17.8. The van der Waals surface area contributed by atoms with Gasteiger partial charge in [-0.2, -0.15) is 0 Å². The molecule has 0 aliphatic heterocycles. The molecule has 0 fully saturated rings. The lowest BCUT2D eigenvalue weighted by Crippen LogP contribution is -2.11. The summed E-state index contributed by atoms with van der Waals surface area (Å²) in [5.74, 6) is 0. The van der Waals surface area contributed by atoms with Crippen LogP contribution in [-0.2, 0) is 0 Å². The topological polar surface area (TPSA) is 6.48 Å². The standard InChI is InChI=1S/C50H40N2/c1-37-34-38(2)36-48(35-37)52(50-19-11-13-43-12-9-10-18-49(43)50)47-30-24-40(25-31-47)21-20-39-22-26-41(27-23-39)42-28-32-46(33-29-42)51(44-14-5-3-6-15-44)45-16-7-4-8-17-45/h3-36H,1-2H3/b21-20+. The van der Waals surface area contributed by atoms with E-state index in [0.29, 0.717) is 0 Å². The molecule has 250 valence electrons. The molecular weight excluding hydrogens is 629 g/mol. The second-order valence-electron chi connectivity index (χ2n) is 13.3. The fourth-order valence-corrected chi connectivity index (χ4v) is 7.03. The molecule has 0 saturated carbocycles. The quantitative estimate of drug-likeness (QED) is 0.141. The van der Waals surface area contributed by atoms with E-state index in [1.807, 2.05) is 0 Å². The molecule has 0 radical (unpaired) electrons. The van der Waals surface area contributed by atoms with Gasteiger partial charge in [0.25, 0.3) is 0 Å². The smallest absolute Gasteiger partial charge is 0.0540 e. The fraction of sp³-hybridized carbons (Fsp3) is 0.0400. The van der Waals surface area contributed by atoms with Crippen molar-refractivity contribution in [2.24, 2.45) is 0 Å². The molecule has 2 heteroatoms. The number of rotatable bonds is 9. The Morgan fingerprint density at radius 2 is 0.788 bits per heavy atom. The molecule has 8 rings (SSSR count). The van der Waals surface area contributed by atoms with Crippen LogP contribution in [0.2, 0.25) is 0 Å². The van der Waals surface area contributed by atoms with E-state index in [0.717, 1.165) is 39.6 Å². The van der Waals surface area contributed by atoms with Crippen molar-refractivity contribution < 1.29 is 0 Å². The number of nitrogens with zero attached hydrogens (tertiary/aromatic N) is 2. The fourth-order valence-electron chi connectivity index (χ4n) is 7.03. The third-order valence-corrected chi connectivity index (χ3v) is 9.49. The molecule has 0 amide bonds. The largest absolute Gasteiger partial charge is 0.311 e. The molecule has 52 heavy (non-hydrogen) atoms. The molecule has 0 atom stereocenters. The molecule has 8 aromatic carbocycles. The van der Waals surface area contributed by atoms with Gasteiger partial charge < -0.3 is 9.80 Å². The Morgan fingerprint density at radius 1 is 0.346 bits per heavy atom. The maximum absolute atomic E-state index is 2.38. The van der Waals surface area contributed by atoms with Crippen LogP contribution in [0.25, 0.3) is 34.1 Å². The number of hydrogen-bond donors (Lipinski definition) is 0. The number of para-hydroxylation sites is 2. The Kier molecular flexibility index (Phi) is 9.19. The molecule has 0 saturated heterocycles. The van der Waals surface area contributed by atoms with Gasteiger partial charge in [-0.3, -0.25) is 0 Å². The first-order chi connectivity index (χ1) is 25.6. The highest BCUT2D eigenvalue weighted by Crippen LogP contribution is 2.40. The summed E-state index contributed by atoms with van der Waals surface area (Å²) in [5.41, 5.74) is 14.1. The second-order valence-corrected chi connectivity index (χ2v) is 13.3. The molecule has 0 aromatic heterocycles. The summed E-state index contributed by atoms with van der Waals surface area (Å²) in [6, 6.07) is 69.4. The lowest BCUT2D eigenvalue weighted by Gasteiger charge is -2.27. The third-order valence-electron chi connectivity index (χ3n) is 9.49. The van der Waals surface area contributed by atoms with Crippen molar-refractivity contribution in [2.45, 2.75) is 13.8 Å². The first-order valence-corrected chi connectivity index (χ1v) is 17.8. The molecule has 0 bridgehead atoms. The molecule has 2 nitrogen and oxygen atoms in total. The van der Waals surface area contributed by atoms with Crippen LogP contribution in [0, 0.1) is 13.8 Å². The van der Waals surface area contributed by atoms with Crippen molar-refractivity contribution in [3.05, 3.63) is 216 Å². The number of anilines is 6. The Hall–Kier alpha value is -6.64. The van der Waals surface area contributed by atoms with Crippen LogP contribution in [0.15, 0.2) is 194 Å². The van der Waals surface area contributed by atoms with Crippen molar-refractivity contribution in [3.8, 4) is 11.1 Å². The monoisotopic (exact) mass is 668 g/mol. The zero-order valence-electron chi connectivity index (χ0n) is 29.5. The normalized spacial score (nSPS) is 11.2. The van der Waals surface area contributed by atoms with Crippen LogP contribution in [0.5, 0.6) is 0 Å². The zero-order chi connectivity index (χ0) is 35.3. The summed E-state index contributed by atoms with van der Waals surface area (Å²) in [4.78, 5) is 4.66. The Bertz CT molecular complexity index is 2380. The van der Waals surface area contributed by atoms with Gasteiger partial charge in [0.1, 0.15) is 0 Å². The Labute approximate surface area is 307 Å². The maximum atomic E-state index is 2.38. The second kappa shape index (κ2) is 14.7. The summed E-state index contributed by atoms with van der Waals surface area (Å²) in [6.45, 7) is 4.33. The van der Waals surface area contributed by atoms with E-state index < -0.39 is 0 Å². The van der Waals surface area contributed by atoms with Crippen LogP contribution < -0.4 is 9.80 Å². The summed E-state index contributed by atoms with van der Waals surface area (Å²) in [7, 11) is 0. The van der Waals surface area contributed by atoms with E-state index in [2.05, 4.69) is 230 Å². The highest BCUT2D eigenvalue weighted by molar-refractivity contribution is 5.99. The van der Waals surface area contributed by atoms with E-state index in [4.69, 9.17) is 0 Å². The van der Waals surface area contributed by atoms with Crippen LogP contribution in [0.4, 0.5) is 34.1 Å². The van der Waals surface area contributed by atoms with Gasteiger partial charge in [0.05, 0.1) is 5.69 Å². The van der Waals surface area contributed by atoms with Crippen molar-refractivity contribution >= 4 is 57.0 Å². The van der Waals surface area contributed by atoms with E-state index in [1.165, 1.54) is 38.7 Å². The Balaban J connectivity index is 1.02. The average molecular weight is 669 g/mol. The van der Waals surface area contributed by atoms with Crippen LogP contribution >= 0.6 is 0 Å². The van der Waals surface area contributed by atoms with Gasteiger partial charge >= 0.3 is 0 Å². The minimum atomic E-state index is 1.13. The van der Waals surface area contributed by atoms with Gasteiger partial charge in [0.15, 0.2) is 0 Å². The van der Waals surface area contributed by atoms with Gasteiger partial charge in [0, 0.05) is 33.8 Å². The lowest BCUT2D eigenvalue weighted by atomic mass is 10.0. The van der Waals surface area contributed by atoms with E-state index in [-0.39, 0.29) is 0 Å². The number of benzene rings is 8. The minimum absolute atomic E-state index is 1.13. The van der Waals surface area contributed by atoms with E-state index >= 15 is 0 Å². The van der Waals surface area contributed by atoms with Crippen molar-refractivity contribution in [1.82, 2.24) is 0 Å². The van der Waals surface area contributed by atoms with Gasteiger partial charge in [-0.15, -0.1) is 0 Å². The van der Waals surface area contributed by atoms with E-state index in [1.54, 1.807) is 0 Å². The molecule has 0 aliphatic carbocycles. The van der Waals surface area contributed by atoms with Crippen LogP contribution in [0.3, 0.4) is 0 Å². The third kappa shape index (κ3) is 7.01. The van der Waals surface area contributed by atoms with Gasteiger partial charge in [-0.25, -0.2) is 0 Å². The first kappa shape index (κ1) is 32.6. The van der Waals surface area contributed by atoms with Crippen molar-refractivity contribution in [1.29, 1.82) is 0 Å². The molecule has 0 heterocycles. The number of aryl methyl sites for hydroxylation is 2. The van der Waals surface area contributed by atoms with Gasteiger partial charge in [-0.1, -0.05) is 140 Å². The maximum Gasteiger partial charge on any atom is 0.0540 e. The average Bonchev–Trinajstić information content (AvgIpc) is 3.19. The lowest BCUT2D eigenvalue weighted by molar-refractivity contribution is 1.26. The van der Waals surface area contributed by atoms with Gasteiger partial charge in [0.2, 0.25) is 0 Å². The summed E-state index contributed by atoms with van der Waals surface area (Å²) in [5, 5.41) is 2.46. The molecule has 8 aromatic rings. The molecular formula is C50H40N2. The predicted molar refractivity (Wildman–Crippen MR) is 224 cm³/mol. The zero-order valence-corrected chi connectivity index (χ0v) is 29.5. The highest BCUT2D eigenvalue weighted by Gasteiger charge is 2.16. The van der Waals surface area contributed by atoms with Crippen LogP contribution in [0.1, 0.15) is 22.3 Å². The summed E-state index contributed by atoms with van der Waals surface area (Å²) >= 11 is 0. The number of hydrogen-bond acceptors (Lipinski definition) is 2. The molecule has 0 spiro atoms. The summed E-state index contributed by atoms with van der Waals surface area (Å²) in [6.07, 6.45) is 4.38. The molecule has 0 N–H and O–H groups in total. The predicted octanol–water partition coefficient (Wildman–Crippen LogP) is 14.2. The molecule has 0 unspecified atom stereocenters.